The molecule has 1 aromatic rings. The van der Waals surface area contributed by atoms with Gasteiger partial charge in [0.05, 0.1) is 6.61 Å². The fourth-order valence-corrected chi connectivity index (χ4v) is 1.44. The van der Waals surface area contributed by atoms with Crippen molar-refractivity contribution >= 4 is 5.95 Å². The molecule has 4 nitrogen and oxygen atoms in total. The van der Waals surface area contributed by atoms with Crippen LogP contribution >= 0.6 is 0 Å². The molecule has 0 spiro atoms. The highest BCUT2D eigenvalue weighted by atomic mass is 16.3. The number of hydrogen-bond acceptors (Lipinski definition) is 4. The van der Waals surface area contributed by atoms with Crippen molar-refractivity contribution in [3.63, 3.8) is 0 Å². The zero-order valence-corrected chi connectivity index (χ0v) is 10.1. The van der Waals surface area contributed by atoms with Crippen LogP contribution in [0.15, 0.2) is 18.9 Å². The van der Waals surface area contributed by atoms with E-state index in [1.165, 1.54) is 0 Å². The maximum absolute atomic E-state index is 9.05. The normalized spacial score (nSPS) is 10.6. The van der Waals surface area contributed by atoms with Crippen molar-refractivity contribution in [3.8, 4) is 0 Å². The third-order valence-corrected chi connectivity index (χ3v) is 2.44. The molecule has 0 saturated carbocycles. The fraction of sp³-hybridized carbons (Fsp3) is 0.500. The molecule has 0 radical (unpaired) electrons. The van der Waals surface area contributed by atoms with Crippen LogP contribution in [0, 0.1) is 6.92 Å². The summed E-state index contributed by atoms with van der Waals surface area (Å²) < 4.78 is 0. The summed E-state index contributed by atoms with van der Waals surface area (Å²) in [6.45, 7) is 10.5. The Morgan fingerprint density at radius 3 is 2.69 bits per heavy atom. The van der Waals surface area contributed by atoms with Gasteiger partial charge in [0.2, 0.25) is 5.95 Å². The van der Waals surface area contributed by atoms with E-state index in [2.05, 4.69) is 35.3 Å². The molecule has 1 rings (SSSR count). The zero-order valence-electron chi connectivity index (χ0n) is 10.1. The predicted octanol–water partition coefficient (Wildman–Crippen LogP) is 1.68. The molecule has 1 heterocycles. The van der Waals surface area contributed by atoms with Crippen LogP contribution in [-0.4, -0.2) is 27.7 Å². The summed E-state index contributed by atoms with van der Waals surface area (Å²) in [6.07, 6.45) is 3.51. The van der Waals surface area contributed by atoms with E-state index in [0.29, 0.717) is 12.0 Å². The molecule has 0 bridgehead atoms. The molecule has 0 aliphatic heterocycles. The molecule has 0 aliphatic carbocycles. The molecular formula is C12H19N3O. The summed E-state index contributed by atoms with van der Waals surface area (Å²) >= 11 is 0. The second-order valence-electron chi connectivity index (χ2n) is 3.97. The number of aliphatic hydroxyl groups excluding tert-OH is 1. The monoisotopic (exact) mass is 221 g/mol. The first kappa shape index (κ1) is 12.6. The van der Waals surface area contributed by atoms with Crippen molar-refractivity contribution in [2.45, 2.75) is 33.4 Å². The molecule has 1 N–H and O–H groups in total. The Balaban J connectivity index is 3.01. The van der Waals surface area contributed by atoms with Gasteiger partial charge in [-0.15, -0.1) is 6.58 Å². The van der Waals surface area contributed by atoms with E-state index < -0.39 is 0 Å². The van der Waals surface area contributed by atoms with Crippen LogP contribution < -0.4 is 4.90 Å². The van der Waals surface area contributed by atoms with Crippen LogP contribution in [0.1, 0.15) is 25.1 Å². The second-order valence-corrected chi connectivity index (χ2v) is 3.97. The molecule has 0 aromatic carbocycles. The van der Waals surface area contributed by atoms with Gasteiger partial charge in [0, 0.05) is 30.0 Å². The van der Waals surface area contributed by atoms with Crippen molar-refractivity contribution in [2.75, 3.05) is 11.4 Å². The molecule has 0 atom stereocenters. The number of rotatable bonds is 5. The molecular weight excluding hydrogens is 202 g/mol. The molecule has 16 heavy (non-hydrogen) atoms. The smallest absolute Gasteiger partial charge is 0.226 e. The van der Waals surface area contributed by atoms with Crippen LogP contribution in [0.3, 0.4) is 0 Å². The quantitative estimate of drug-likeness (QED) is 0.768. The Kier molecular flexibility index (Phi) is 4.43. The molecule has 0 saturated heterocycles. The second kappa shape index (κ2) is 5.61. The maximum Gasteiger partial charge on any atom is 0.226 e. The first-order valence-corrected chi connectivity index (χ1v) is 5.41. The Morgan fingerprint density at radius 2 is 2.25 bits per heavy atom. The predicted molar refractivity (Wildman–Crippen MR) is 65.4 cm³/mol. The molecule has 88 valence electrons. The number of anilines is 1. The van der Waals surface area contributed by atoms with Gasteiger partial charge in [0.1, 0.15) is 0 Å². The van der Waals surface area contributed by atoms with Gasteiger partial charge in [0.15, 0.2) is 0 Å². The van der Waals surface area contributed by atoms with E-state index in [4.69, 9.17) is 5.11 Å². The van der Waals surface area contributed by atoms with E-state index in [9.17, 15) is 0 Å². The summed E-state index contributed by atoms with van der Waals surface area (Å²) in [5, 5.41) is 9.05. The van der Waals surface area contributed by atoms with Crippen LogP contribution in [0.25, 0.3) is 0 Å². The number of aromatic nitrogens is 2. The minimum atomic E-state index is -0.0186. The Labute approximate surface area is 96.7 Å². The number of nitrogens with zero attached hydrogens (tertiary/aromatic N) is 3. The molecule has 0 fully saturated rings. The summed E-state index contributed by atoms with van der Waals surface area (Å²) in [6, 6.07) is 0.317. The topological polar surface area (TPSA) is 49.2 Å². The lowest BCUT2D eigenvalue weighted by molar-refractivity contribution is 0.280. The van der Waals surface area contributed by atoms with Gasteiger partial charge in [-0.1, -0.05) is 6.08 Å². The van der Waals surface area contributed by atoms with Gasteiger partial charge in [0.25, 0.3) is 0 Å². The summed E-state index contributed by atoms with van der Waals surface area (Å²) in [5.41, 5.74) is 1.59. The highest BCUT2D eigenvalue weighted by Gasteiger charge is 2.12. The molecule has 4 heteroatoms. The Bertz CT molecular complexity index is 363. The first-order chi connectivity index (χ1) is 7.60. The highest BCUT2D eigenvalue weighted by molar-refractivity contribution is 5.34. The van der Waals surface area contributed by atoms with Gasteiger partial charge in [-0.05, 0) is 20.8 Å². The Hall–Kier alpha value is -1.42. The minimum Gasteiger partial charge on any atom is -0.392 e. The van der Waals surface area contributed by atoms with Crippen molar-refractivity contribution in [1.29, 1.82) is 0 Å². The number of aryl methyl sites for hydroxylation is 1. The van der Waals surface area contributed by atoms with Crippen molar-refractivity contribution in [2.24, 2.45) is 0 Å². The van der Waals surface area contributed by atoms with E-state index in [0.717, 1.165) is 17.8 Å². The minimum absolute atomic E-state index is 0.0186. The van der Waals surface area contributed by atoms with Gasteiger partial charge in [-0.2, -0.15) is 0 Å². The van der Waals surface area contributed by atoms with Crippen molar-refractivity contribution in [1.82, 2.24) is 9.97 Å². The lowest BCUT2D eigenvalue weighted by atomic mass is 10.2. The fourth-order valence-electron chi connectivity index (χ4n) is 1.44. The molecule has 0 amide bonds. The van der Waals surface area contributed by atoms with Crippen LogP contribution in [0.2, 0.25) is 0 Å². The van der Waals surface area contributed by atoms with Gasteiger partial charge in [-0.25, -0.2) is 9.97 Å². The van der Waals surface area contributed by atoms with Crippen LogP contribution in [0.4, 0.5) is 5.95 Å². The summed E-state index contributed by atoms with van der Waals surface area (Å²) in [7, 11) is 0. The van der Waals surface area contributed by atoms with E-state index in [1.807, 2.05) is 13.0 Å². The molecule has 0 aliphatic rings. The third-order valence-electron chi connectivity index (χ3n) is 2.44. The molecule has 1 aromatic heterocycles. The average molecular weight is 221 g/mol. The van der Waals surface area contributed by atoms with Crippen LogP contribution in [-0.2, 0) is 6.61 Å². The SMILES string of the molecule is C=CCN(c1ncc(CO)c(C)n1)C(C)C. The summed E-state index contributed by atoms with van der Waals surface area (Å²) in [4.78, 5) is 10.7. The number of aliphatic hydroxyl groups is 1. The van der Waals surface area contributed by atoms with E-state index in [-0.39, 0.29) is 6.61 Å². The van der Waals surface area contributed by atoms with Crippen molar-refractivity contribution in [3.05, 3.63) is 30.1 Å². The third kappa shape index (κ3) is 2.79. The standard InChI is InChI=1S/C12H19N3O/c1-5-6-15(9(2)3)12-13-7-11(8-16)10(4)14-12/h5,7,9,16H,1,6,8H2,2-4H3. The van der Waals surface area contributed by atoms with E-state index >= 15 is 0 Å². The lowest BCUT2D eigenvalue weighted by Crippen LogP contribution is -2.32. The lowest BCUT2D eigenvalue weighted by Gasteiger charge is -2.25. The first-order valence-electron chi connectivity index (χ1n) is 5.41. The Morgan fingerprint density at radius 1 is 1.56 bits per heavy atom. The largest absolute Gasteiger partial charge is 0.392 e. The van der Waals surface area contributed by atoms with Crippen molar-refractivity contribution < 1.29 is 5.11 Å². The maximum atomic E-state index is 9.05. The van der Waals surface area contributed by atoms with Crippen LogP contribution in [0.5, 0.6) is 0 Å². The molecule has 0 unspecified atom stereocenters. The summed E-state index contributed by atoms with van der Waals surface area (Å²) in [5.74, 6) is 0.685. The number of hydrogen-bond donors (Lipinski definition) is 1. The van der Waals surface area contributed by atoms with Gasteiger partial charge < -0.3 is 10.0 Å². The highest BCUT2D eigenvalue weighted by Crippen LogP contribution is 2.13. The zero-order chi connectivity index (χ0) is 12.1. The van der Waals surface area contributed by atoms with Gasteiger partial charge >= 0.3 is 0 Å². The average Bonchev–Trinajstić information content (AvgIpc) is 2.25. The van der Waals surface area contributed by atoms with Gasteiger partial charge in [-0.3, -0.25) is 0 Å². The van der Waals surface area contributed by atoms with E-state index in [1.54, 1.807) is 6.20 Å².